The smallest absolute Gasteiger partial charge is 0.343 e. The van der Waals surface area contributed by atoms with Gasteiger partial charge in [-0.2, -0.15) is 0 Å². The highest BCUT2D eigenvalue weighted by atomic mass is 16.5. The third kappa shape index (κ3) is 5.70. The number of ether oxygens (including phenoxy) is 2. The Kier molecular flexibility index (Phi) is 7.22. The number of hydrogen-bond donors (Lipinski definition) is 1. The number of nitrogens with zero attached hydrogens (tertiary/aromatic N) is 1. The summed E-state index contributed by atoms with van der Waals surface area (Å²) in [5, 5.41) is 10.3. The summed E-state index contributed by atoms with van der Waals surface area (Å²) in [7, 11) is 0. The zero-order valence-electron chi connectivity index (χ0n) is 17.2. The largest absolute Gasteiger partial charge is 0.507 e. The predicted octanol–water partition coefficient (Wildman–Crippen LogP) is 5.85. The summed E-state index contributed by atoms with van der Waals surface area (Å²) >= 11 is 0. The van der Waals surface area contributed by atoms with E-state index in [1.165, 1.54) is 6.07 Å². The van der Waals surface area contributed by atoms with E-state index in [4.69, 9.17) is 9.47 Å². The number of carbonyl (C=O) groups is 1. The molecule has 0 saturated carbocycles. The molecule has 0 aliphatic carbocycles. The lowest BCUT2D eigenvalue weighted by Gasteiger charge is -2.08. The van der Waals surface area contributed by atoms with E-state index in [2.05, 4.69) is 11.9 Å². The van der Waals surface area contributed by atoms with E-state index < -0.39 is 5.97 Å². The molecule has 5 nitrogen and oxygen atoms in total. The minimum atomic E-state index is -0.504. The topological polar surface area (TPSA) is 68.1 Å². The first kappa shape index (κ1) is 21.1. The van der Waals surface area contributed by atoms with E-state index in [1.807, 2.05) is 31.2 Å². The lowest BCUT2D eigenvalue weighted by molar-refractivity contribution is 0.0734. The van der Waals surface area contributed by atoms with Crippen LogP contribution in [-0.2, 0) is 0 Å². The van der Waals surface area contributed by atoms with Gasteiger partial charge in [0.2, 0.25) is 0 Å². The lowest BCUT2D eigenvalue weighted by atomic mass is 10.2. The lowest BCUT2D eigenvalue weighted by Crippen LogP contribution is -2.08. The molecule has 0 unspecified atom stereocenters. The van der Waals surface area contributed by atoms with Crippen molar-refractivity contribution < 1.29 is 19.4 Å². The van der Waals surface area contributed by atoms with E-state index in [0.717, 1.165) is 29.8 Å². The number of hydrogen-bond acceptors (Lipinski definition) is 5. The molecule has 5 heteroatoms. The van der Waals surface area contributed by atoms with Crippen molar-refractivity contribution in [3.63, 3.8) is 0 Å². The molecule has 30 heavy (non-hydrogen) atoms. The Hall–Kier alpha value is -3.60. The van der Waals surface area contributed by atoms with E-state index in [0.29, 0.717) is 17.7 Å². The van der Waals surface area contributed by atoms with Crippen LogP contribution in [0.25, 0.3) is 0 Å². The molecule has 3 aromatic carbocycles. The number of phenols is 1. The summed E-state index contributed by atoms with van der Waals surface area (Å²) in [4.78, 5) is 16.8. The maximum absolute atomic E-state index is 12.4. The molecular weight excluding hydrogens is 378 g/mol. The molecule has 0 heterocycles. The number of rotatable bonds is 8. The Morgan fingerprint density at radius 2 is 1.77 bits per heavy atom. The molecule has 3 aromatic rings. The van der Waals surface area contributed by atoms with Crippen LogP contribution >= 0.6 is 0 Å². The van der Waals surface area contributed by atoms with Gasteiger partial charge in [0.25, 0.3) is 0 Å². The summed E-state index contributed by atoms with van der Waals surface area (Å²) in [6, 6.07) is 19.2. The van der Waals surface area contributed by atoms with E-state index in [-0.39, 0.29) is 11.5 Å². The quantitative estimate of drug-likeness (QED) is 0.222. The molecule has 1 N–H and O–H groups in total. The number of carbonyl (C=O) groups excluding carboxylic acids is 1. The van der Waals surface area contributed by atoms with E-state index in [1.54, 1.807) is 42.6 Å². The average Bonchev–Trinajstić information content (AvgIpc) is 2.75. The van der Waals surface area contributed by atoms with Gasteiger partial charge in [0.05, 0.1) is 17.9 Å². The van der Waals surface area contributed by atoms with Crippen LogP contribution in [0.15, 0.2) is 71.7 Å². The van der Waals surface area contributed by atoms with Gasteiger partial charge >= 0.3 is 5.97 Å². The van der Waals surface area contributed by atoms with Gasteiger partial charge < -0.3 is 14.6 Å². The first-order chi connectivity index (χ1) is 14.6. The number of aryl methyl sites for hydroxylation is 1. The van der Waals surface area contributed by atoms with Crippen molar-refractivity contribution >= 4 is 17.9 Å². The molecule has 3 rings (SSSR count). The number of aliphatic imine (C=N–C) groups is 1. The molecule has 0 aromatic heterocycles. The third-order valence-corrected chi connectivity index (χ3v) is 4.53. The number of unbranched alkanes of at least 4 members (excludes halogenated alkanes) is 1. The van der Waals surface area contributed by atoms with Crippen molar-refractivity contribution in [2.24, 2.45) is 4.99 Å². The van der Waals surface area contributed by atoms with E-state index in [9.17, 15) is 9.90 Å². The monoisotopic (exact) mass is 403 g/mol. The summed E-state index contributed by atoms with van der Waals surface area (Å²) in [6.45, 7) is 4.72. The molecule has 0 aliphatic rings. The number of para-hydroxylation sites is 1. The Labute approximate surface area is 176 Å². The van der Waals surface area contributed by atoms with Crippen LogP contribution in [-0.4, -0.2) is 23.9 Å². The molecule has 0 radical (unpaired) electrons. The highest BCUT2D eigenvalue weighted by Gasteiger charge is 2.10. The minimum Gasteiger partial charge on any atom is -0.507 e. The first-order valence-corrected chi connectivity index (χ1v) is 9.94. The summed E-state index contributed by atoms with van der Waals surface area (Å²) in [5.41, 5.74) is 2.81. The van der Waals surface area contributed by atoms with Gasteiger partial charge in [-0.1, -0.05) is 31.5 Å². The molecule has 154 valence electrons. The van der Waals surface area contributed by atoms with Crippen LogP contribution < -0.4 is 9.47 Å². The van der Waals surface area contributed by atoms with Crippen molar-refractivity contribution in [3.8, 4) is 17.2 Å². The first-order valence-electron chi connectivity index (χ1n) is 9.94. The van der Waals surface area contributed by atoms with Crippen molar-refractivity contribution in [1.82, 2.24) is 0 Å². The van der Waals surface area contributed by atoms with E-state index >= 15 is 0 Å². The summed E-state index contributed by atoms with van der Waals surface area (Å²) < 4.78 is 11.0. The molecule has 0 aliphatic heterocycles. The fourth-order valence-electron chi connectivity index (χ4n) is 2.73. The Morgan fingerprint density at radius 1 is 1.03 bits per heavy atom. The van der Waals surface area contributed by atoms with Crippen molar-refractivity contribution in [2.45, 2.75) is 26.7 Å². The second-order valence-corrected chi connectivity index (χ2v) is 6.88. The van der Waals surface area contributed by atoms with Gasteiger partial charge in [0.15, 0.2) is 0 Å². The van der Waals surface area contributed by atoms with Crippen molar-refractivity contribution in [1.29, 1.82) is 0 Å². The second kappa shape index (κ2) is 10.3. The van der Waals surface area contributed by atoms with Crippen LogP contribution in [0.4, 0.5) is 5.69 Å². The highest BCUT2D eigenvalue weighted by Crippen LogP contribution is 2.25. The summed E-state index contributed by atoms with van der Waals surface area (Å²) in [5.74, 6) is 0.455. The standard InChI is InChI=1S/C25H25NO4/c1-3-4-15-29-21-12-9-19(10-13-21)25(28)30-22-14-11-20(24(27)16-22)17-26-23-8-6-5-7-18(23)2/h5-14,16-17,27H,3-4,15H2,1-2H3. The van der Waals surface area contributed by atoms with Crippen LogP contribution in [0.2, 0.25) is 0 Å². The molecule has 0 spiro atoms. The Balaban J connectivity index is 1.63. The third-order valence-electron chi connectivity index (χ3n) is 4.53. The predicted molar refractivity (Wildman–Crippen MR) is 118 cm³/mol. The SMILES string of the molecule is CCCCOc1ccc(C(=O)Oc2ccc(C=Nc3ccccc3C)c(O)c2)cc1. The normalized spacial score (nSPS) is 10.9. The summed E-state index contributed by atoms with van der Waals surface area (Å²) in [6.07, 6.45) is 3.63. The maximum atomic E-state index is 12.4. The fourth-order valence-corrected chi connectivity index (χ4v) is 2.73. The molecule has 0 bridgehead atoms. The number of aromatic hydroxyl groups is 1. The molecule has 0 atom stereocenters. The Morgan fingerprint density at radius 3 is 2.47 bits per heavy atom. The van der Waals surface area contributed by atoms with Gasteiger partial charge in [-0.3, -0.25) is 4.99 Å². The number of benzene rings is 3. The van der Waals surface area contributed by atoms with Gasteiger partial charge in [-0.05, 0) is 61.4 Å². The van der Waals surface area contributed by atoms with Gasteiger partial charge in [0.1, 0.15) is 17.2 Å². The number of esters is 1. The van der Waals surface area contributed by atoms with Crippen LogP contribution in [0.1, 0.15) is 41.3 Å². The Bertz CT molecular complexity index is 1030. The minimum absolute atomic E-state index is 0.0164. The van der Waals surface area contributed by atoms with Crippen molar-refractivity contribution in [3.05, 3.63) is 83.4 Å². The van der Waals surface area contributed by atoms with Crippen LogP contribution in [0.3, 0.4) is 0 Å². The van der Waals surface area contributed by atoms with Gasteiger partial charge in [0, 0.05) is 17.8 Å². The molecule has 0 amide bonds. The van der Waals surface area contributed by atoms with Gasteiger partial charge in [-0.25, -0.2) is 4.79 Å². The maximum Gasteiger partial charge on any atom is 0.343 e. The molecule has 0 saturated heterocycles. The number of phenolic OH excluding ortho intramolecular Hbond substituents is 1. The zero-order chi connectivity index (χ0) is 21.3. The molecular formula is C25H25NO4. The fraction of sp³-hybridized carbons (Fsp3) is 0.200. The zero-order valence-corrected chi connectivity index (χ0v) is 17.2. The highest BCUT2D eigenvalue weighted by molar-refractivity contribution is 5.91. The second-order valence-electron chi connectivity index (χ2n) is 6.88. The van der Waals surface area contributed by atoms with Crippen LogP contribution in [0.5, 0.6) is 17.2 Å². The van der Waals surface area contributed by atoms with Gasteiger partial charge in [-0.15, -0.1) is 0 Å². The van der Waals surface area contributed by atoms with Crippen molar-refractivity contribution in [2.75, 3.05) is 6.61 Å². The average molecular weight is 403 g/mol. The van der Waals surface area contributed by atoms with Crippen LogP contribution in [0, 0.1) is 6.92 Å². The molecule has 0 fully saturated rings.